The van der Waals surface area contributed by atoms with E-state index in [2.05, 4.69) is 40.3 Å². The summed E-state index contributed by atoms with van der Waals surface area (Å²) in [6.45, 7) is 0.666. The van der Waals surface area contributed by atoms with Crippen LogP contribution in [-0.4, -0.2) is 21.5 Å². The molecule has 0 aliphatic rings. The fraction of sp³-hybridized carbons (Fsp3) is 0.0769. The highest BCUT2D eigenvalue weighted by Gasteiger charge is 2.16. The first-order valence-corrected chi connectivity index (χ1v) is 11.0. The Morgan fingerprint density at radius 1 is 1.00 bits per heavy atom. The maximum Gasteiger partial charge on any atom is 0.157 e. The predicted octanol–water partition coefficient (Wildman–Crippen LogP) is 5.48. The van der Waals surface area contributed by atoms with Gasteiger partial charge in [-0.3, -0.25) is 9.38 Å². The molecule has 0 aliphatic carbocycles. The highest BCUT2D eigenvalue weighted by Crippen LogP contribution is 2.34. The topological polar surface area (TPSA) is 51.5 Å². The fourth-order valence-electron chi connectivity index (χ4n) is 3.36. The number of hydrogen-bond acceptors (Lipinski definition) is 5. The van der Waals surface area contributed by atoms with Crippen LogP contribution in [0.2, 0.25) is 0 Å². The van der Waals surface area contributed by atoms with Gasteiger partial charge in [0.25, 0.3) is 0 Å². The van der Waals surface area contributed by atoms with E-state index < -0.39 is 0 Å². The SMILES string of the molecule is COc1ccc(CNc2c(-c3ccc(C#Cc4ccccc4)s3)nc3cnccn23)cc1. The summed E-state index contributed by atoms with van der Waals surface area (Å²) in [6, 6.07) is 22.2. The lowest BCUT2D eigenvalue weighted by molar-refractivity contribution is 0.414. The molecule has 0 fully saturated rings. The third-order valence-corrected chi connectivity index (χ3v) is 6.00. The van der Waals surface area contributed by atoms with Gasteiger partial charge in [-0.05, 0) is 42.0 Å². The van der Waals surface area contributed by atoms with E-state index in [0.717, 1.165) is 43.8 Å². The molecule has 156 valence electrons. The van der Waals surface area contributed by atoms with Crippen LogP contribution in [0.15, 0.2) is 85.3 Å². The van der Waals surface area contributed by atoms with Gasteiger partial charge < -0.3 is 10.1 Å². The molecule has 5 aromatic rings. The van der Waals surface area contributed by atoms with Crippen molar-refractivity contribution in [2.24, 2.45) is 0 Å². The van der Waals surface area contributed by atoms with Crippen LogP contribution in [-0.2, 0) is 6.54 Å². The van der Waals surface area contributed by atoms with E-state index in [4.69, 9.17) is 9.72 Å². The molecule has 3 aromatic heterocycles. The Labute approximate surface area is 190 Å². The lowest BCUT2D eigenvalue weighted by Gasteiger charge is -2.09. The standard InChI is InChI=1S/C26H20N4OS/c1-31-21-10-7-20(8-11-21)17-28-26-25(29-24-18-27-15-16-30(24)26)23-14-13-22(32-23)12-9-19-5-3-2-4-6-19/h2-8,10-11,13-16,18,28H,17H2,1H3. The monoisotopic (exact) mass is 436 g/mol. The van der Waals surface area contributed by atoms with Crippen LogP contribution in [0.4, 0.5) is 5.82 Å². The maximum atomic E-state index is 5.25. The van der Waals surface area contributed by atoms with Gasteiger partial charge in [-0.15, -0.1) is 11.3 Å². The lowest BCUT2D eigenvalue weighted by atomic mass is 10.2. The zero-order chi connectivity index (χ0) is 21.8. The second-order valence-electron chi connectivity index (χ2n) is 7.10. The molecular formula is C26H20N4OS. The third-order valence-electron chi connectivity index (χ3n) is 4.99. The van der Waals surface area contributed by atoms with Crippen LogP contribution < -0.4 is 10.1 Å². The van der Waals surface area contributed by atoms with Crippen molar-refractivity contribution in [3.05, 3.63) is 101 Å². The van der Waals surface area contributed by atoms with Crippen LogP contribution in [0.5, 0.6) is 5.75 Å². The van der Waals surface area contributed by atoms with Gasteiger partial charge in [0.05, 0.1) is 23.1 Å². The number of ether oxygens (including phenoxy) is 1. The quantitative estimate of drug-likeness (QED) is 0.371. The molecule has 6 heteroatoms. The van der Waals surface area contributed by atoms with E-state index in [9.17, 15) is 0 Å². The molecule has 0 saturated carbocycles. The van der Waals surface area contributed by atoms with E-state index in [0.29, 0.717) is 6.54 Å². The van der Waals surface area contributed by atoms with Gasteiger partial charge >= 0.3 is 0 Å². The molecule has 0 unspecified atom stereocenters. The Morgan fingerprint density at radius 3 is 2.66 bits per heavy atom. The number of hydrogen-bond donors (Lipinski definition) is 1. The first-order chi connectivity index (χ1) is 15.8. The molecule has 2 aromatic carbocycles. The average molecular weight is 437 g/mol. The van der Waals surface area contributed by atoms with E-state index in [1.54, 1.807) is 30.8 Å². The smallest absolute Gasteiger partial charge is 0.157 e. The van der Waals surface area contributed by atoms with Gasteiger partial charge in [0, 0.05) is 24.5 Å². The van der Waals surface area contributed by atoms with Crippen LogP contribution >= 0.6 is 11.3 Å². The number of methoxy groups -OCH3 is 1. The van der Waals surface area contributed by atoms with E-state index in [1.807, 2.05) is 59.1 Å². The summed E-state index contributed by atoms with van der Waals surface area (Å²) in [4.78, 5) is 11.1. The summed E-state index contributed by atoms with van der Waals surface area (Å²) >= 11 is 1.63. The van der Waals surface area contributed by atoms with Crippen LogP contribution in [0, 0.1) is 11.8 Å². The van der Waals surface area contributed by atoms with Crippen molar-refractivity contribution in [1.82, 2.24) is 14.4 Å². The molecule has 0 radical (unpaired) electrons. The van der Waals surface area contributed by atoms with Crippen molar-refractivity contribution in [1.29, 1.82) is 0 Å². The molecule has 0 spiro atoms. The number of imidazole rings is 1. The number of thiophene rings is 1. The maximum absolute atomic E-state index is 5.25. The van der Waals surface area contributed by atoms with E-state index in [1.165, 1.54) is 0 Å². The Kier molecular flexibility index (Phi) is 5.56. The minimum Gasteiger partial charge on any atom is -0.497 e. The molecule has 3 heterocycles. The zero-order valence-corrected chi connectivity index (χ0v) is 18.3. The number of anilines is 1. The van der Waals surface area contributed by atoms with Gasteiger partial charge in [0.2, 0.25) is 0 Å². The molecule has 5 rings (SSSR count). The van der Waals surface area contributed by atoms with Gasteiger partial charge in [-0.2, -0.15) is 0 Å². The number of nitrogens with one attached hydrogen (secondary N) is 1. The van der Waals surface area contributed by atoms with Crippen molar-refractivity contribution < 1.29 is 4.74 Å². The fourth-order valence-corrected chi connectivity index (χ4v) is 4.21. The minimum absolute atomic E-state index is 0.666. The Morgan fingerprint density at radius 2 is 1.84 bits per heavy atom. The van der Waals surface area contributed by atoms with Crippen LogP contribution in [0.3, 0.4) is 0 Å². The Hall–Kier alpha value is -4.08. The second-order valence-corrected chi connectivity index (χ2v) is 8.18. The van der Waals surface area contributed by atoms with Gasteiger partial charge in [-0.25, -0.2) is 4.98 Å². The highest BCUT2D eigenvalue weighted by molar-refractivity contribution is 7.16. The first-order valence-electron chi connectivity index (χ1n) is 10.2. The summed E-state index contributed by atoms with van der Waals surface area (Å²) in [5.41, 5.74) is 3.85. The van der Waals surface area contributed by atoms with Crippen molar-refractivity contribution in [3.63, 3.8) is 0 Å². The number of aromatic nitrogens is 3. The van der Waals surface area contributed by atoms with Crippen molar-refractivity contribution in [2.45, 2.75) is 6.54 Å². The number of benzene rings is 2. The van der Waals surface area contributed by atoms with Crippen LogP contribution in [0.25, 0.3) is 16.2 Å². The summed E-state index contributed by atoms with van der Waals surface area (Å²) in [6.07, 6.45) is 5.46. The van der Waals surface area contributed by atoms with E-state index in [-0.39, 0.29) is 0 Å². The Balaban J connectivity index is 1.45. The summed E-state index contributed by atoms with van der Waals surface area (Å²) in [5, 5.41) is 3.56. The molecule has 32 heavy (non-hydrogen) atoms. The third kappa shape index (κ3) is 4.20. The van der Waals surface area contributed by atoms with Crippen molar-refractivity contribution in [3.8, 4) is 28.2 Å². The number of rotatable bonds is 5. The normalized spacial score (nSPS) is 10.5. The van der Waals surface area contributed by atoms with Crippen LogP contribution in [0.1, 0.15) is 16.0 Å². The molecule has 5 nitrogen and oxygen atoms in total. The molecule has 0 amide bonds. The minimum atomic E-state index is 0.666. The molecule has 0 atom stereocenters. The van der Waals surface area contributed by atoms with Gasteiger partial charge in [0.1, 0.15) is 17.3 Å². The summed E-state index contributed by atoms with van der Waals surface area (Å²) < 4.78 is 7.28. The molecule has 0 saturated heterocycles. The summed E-state index contributed by atoms with van der Waals surface area (Å²) in [7, 11) is 1.67. The average Bonchev–Trinajstić information content (AvgIpc) is 3.47. The number of nitrogens with zero attached hydrogens (tertiary/aromatic N) is 3. The largest absolute Gasteiger partial charge is 0.497 e. The van der Waals surface area contributed by atoms with Gasteiger partial charge in [0.15, 0.2) is 5.65 Å². The van der Waals surface area contributed by atoms with E-state index >= 15 is 0 Å². The predicted molar refractivity (Wildman–Crippen MR) is 129 cm³/mol. The molecule has 0 bridgehead atoms. The summed E-state index contributed by atoms with van der Waals surface area (Å²) in [5.74, 6) is 8.26. The van der Waals surface area contributed by atoms with Gasteiger partial charge in [-0.1, -0.05) is 42.2 Å². The zero-order valence-electron chi connectivity index (χ0n) is 17.4. The highest BCUT2D eigenvalue weighted by atomic mass is 32.1. The van der Waals surface area contributed by atoms with Crippen molar-refractivity contribution >= 4 is 22.8 Å². The second kappa shape index (κ2) is 8.96. The van der Waals surface area contributed by atoms with Crippen molar-refractivity contribution in [2.75, 3.05) is 12.4 Å². The lowest BCUT2D eigenvalue weighted by Crippen LogP contribution is -2.03. The number of fused-ring (bicyclic) bond motifs is 1. The molecule has 1 N–H and O–H groups in total. The Bertz CT molecular complexity index is 1410. The first kappa shape index (κ1) is 19.9. The molecular weight excluding hydrogens is 416 g/mol. The molecule has 0 aliphatic heterocycles.